The number of rotatable bonds is 6. The van der Waals surface area contributed by atoms with Gasteiger partial charge in [0.1, 0.15) is 0 Å². The Morgan fingerprint density at radius 2 is 1.73 bits per heavy atom. The molecule has 1 aromatic rings. The van der Waals surface area contributed by atoms with Crippen molar-refractivity contribution in [2.75, 3.05) is 26.2 Å². The van der Waals surface area contributed by atoms with Crippen LogP contribution in [0.1, 0.15) is 39.2 Å². The fourth-order valence-electron chi connectivity index (χ4n) is 3.24. The minimum absolute atomic E-state index is 0.106. The predicted molar refractivity (Wildman–Crippen MR) is 87.3 cm³/mol. The Labute approximate surface area is 132 Å². The number of nitrogens with one attached hydrogen (secondary N) is 1. The Bertz CT molecular complexity index is 451. The second-order valence-electron chi connectivity index (χ2n) is 6.74. The zero-order chi connectivity index (χ0) is 16.2. The van der Waals surface area contributed by atoms with Crippen molar-refractivity contribution in [1.82, 2.24) is 10.2 Å². The van der Waals surface area contributed by atoms with E-state index in [2.05, 4.69) is 12.2 Å². The summed E-state index contributed by atoms with van der Waals surface area (Å²) in [6, 6.07) is 8.20. The zero-order valence-corrected chi connectivity index (χ0v) is 13.9. The summed E-state index contributed by atoms with van der Waals surface area (Å²) in [7, 11) is 0. The molecule has 124 valence electrons. The number of alkyl halides is 2. The molecule has 0 radical (unpaired) electrons. The minimum atomic E-state index is -2.86. The van der Waals surface area contributed by atoms with Crippen molar-refractivity contribution in [2.45, 2.75) is 45.1 Å². The van der Waals surface area contributed by atoms with Crippen molar-refractivity contribution in [2.24, 2.45) is 5.92 Å². The van der Waals surface area contributed by atoms with Crippen molar-refractivity contribution < 1.29 is 8.78 Å². The van der Waals surface area contributed by atoms with Crippen LogP contribution in [0.25, 0.3) is 0 Å². The van der Waals surface area contributed by atoms with Crippen LogP contribution < -0.4 is 5.32 Å². The van der Waals surface area contributed by atoms with Crippen LogP contribution in [0, 0.1) is 5.92 Å². The summed E-state index contributed by atoms with van der Waals surface area (Å²) < 4.78 is 29.9. The average Bonchev–Trinajstić information content (AvgIpc) is 2.54. The van der Waals surface area contributed by atoms with Crippen LogP contribution in [0.2, 0.25) is 0 Å². The van der Waals surface area contributed by atoms with E-state index in [1.807, 2.05) is 4.90 Å². The summed E-state index contributed by atoms with van der Waals surface area (Å²) in [5.74, 6) is -2.25. The van der Waals surface area contributed by atoms with Crippen LogP contribution in [0.5, 0.6) is 0 Å². The van der Waals surface area contributed by atoms with E-state index in [0.717, 1.165) is 39.0 Å². The molecule has 0 amide bonds. The van der Waals surface area contributed by atoms with Crippen molar-refractivity contribution in [3.63, 3.8) is 0 Å². The highest BCUT2D eigenvalue weighted by molar-refractivity contribution is 5.24. The van der Waals surface area contributed by atoms with Gasteiger partial charge in [-0.05, 0) is 58.8 Å². The number of halogens is 2. The fourth-order valence-corrected chi connectivity index (χ4v) is 3.24. The highest BCUT2D eigenvalue weighted by atomic mass is 19.3. The van der Waals surface area contributed by atoms with Gasteiger partial charge in [0.25, 0.3) is 5.92 Å². The summed E-state index contributed by atoms with van der Waals surface area (Å²) in [5, 5.41) is 3.36. The third kappa shape index (κ3) is 3.49. The molecule has 0 saturated carbocycles. The molecular formula is C18H28F2N2. The van der Waals surface area contributed by atoms with Crippen LogP contribution in [0.4, 0.5) is 8.78 Å². The molecule has 1 aromatic carbocycles. The molecule has 1 aliphatic heterocycles. The van der Waals surface area contributed by atoms with E-state index in [-0.39, 0.29) is 5.56 Å². The molecule has 1 heterocycles. The molecular weight excluding hydrogens is 282 g/mol. The minimum Gasteiger partial charge on any atom is -0.317 e. The fraction of sp³-hybridized carbons (Fsp3) is 0.667. The second-order valence-corrected chi connectivity index (χ2v) is 6.74. The zero-order valence-electron chi connectivity index (χ0n) is 13.9. The summed E-state index contributed by atoms with van der Waals surface area (Å²) in [4.78, 5) is 1.96. The van der Waals surface area contributed by atoms with E-state index in [1.54, 1.807) is 32.0 Å². The predicted octanol–water partition coefficient (Wildman–Crippen LogP) is 3.88. The Morgan fingerprint density at radius 3 is 2.27 bits per heavy atom. The first-order valence-corrected chi connectivity index (χ1v) is 8.28. The Kier molecular flexibility index (Phi) is 5.56. The van der Waals surface area contributed by atoms with E-state index >= 15 is 0 Å². The largest absolute Gasteiger partial charge is 0.317 e. The van der Waals surface area contributed by atoms with Crippen LogP contribution in [0.3, 0.4) is 0 Å². The van der Waals surface area contributed by atoms with Gasteiger partial charge in [-0.1, -0.05) is 37.3 Å². The molecule has 0 atom stereocenters. The van der Waals surface area contributed by atoms with Crippen molar-refractivity contribution in [3.05, 3.63) is 35.9 Å². The third-order valence-electron chi connectivity index (χ3n) is 4.99. The highest BCUT2D eigenvalue weighted by Crippen LogP contribution is 2.43. The van der Waals surface area contributed by atoms with Crippen LogP contribution in [-0.4, -0.2) is 36.6 Å². The van der Waals surface area contributed by atoms with Crippen LogP contribution in [-0.2, 0) is 5.92 Å². The molecule has 0 bridgehead atoms. The average molecular weight is 310 g/mol. The first-order chi connectivity index (χ1) is 10.4. The van der Waals surface area contributed by atoms with Gasteiger partial charge in [-0.3, -0.25) is 4.90 Å². The maximum atomic E-state index is 15.0. The monoisotopic (exact) mass is 310 g/mol. The summed E-state index contributed by atoms with van der Waals surface area (Å²) >= 11 is 0. The van der Waals surface area contributed by atoms with Gasteiger partial charge in [-0.25, -0.2) is 0 Å². The van der Waals surface area contributed by atoms with Crippen molar-refractivity contribution >= 4 is 0 Å². The maximum absolute atomic E-state index is 15.0. The molecule has 1 N–H and O–H groups in total. The van der Waals surface area contributed by atoms with Gasteiger partial charge in [0, 0.05) is 5.56 Å². The molecule has 0 unspecified atom stereocenters. The number of benzene rings is 1. The number of piperidine rings is 1. The van der Waals surface area contributed by atoms with Gasteiger partial charge in [-0.2, -0.15) is 8.78 Å². The number of hydrogen-bond acceptors (Lipinski definition) is 2. The molecule has 4 heteroatoms. The smallest absolute Gasteiger partial charge is 0.290 e. The van der Waals surface area contributed by atoms with E-state index in [4.69, 9.17) is 0 Å². The van der Waals surface area contributed by atoms with Gasteiger partial charge in [0.2, 0.25) is 0 Å². The molecule has 22 heavy (non-hydrogen) atoms. The van der Waals surface area contributed by atoms with E-state index in [1.165, 1.54) is 12.1 Å². The van der Waals surface area contributed by atoms with E-state index in [0.29, 0.717) is 5.92 Å². The summed E-state index contributed by atoms with van der Waals surface area (Å²) in [5.41, 5.74) is -1.06. The van der Waals surface area contributed by atoms with Crippen molar-refractivity contribution in [1.29, 1.82) is 0 Å². The lowest BCUT2D eigenvalue weighted by atomic mass is 9.85. The van der Waals surface area contributed by atoms with Gasteiger partial charge >= 0.3 is 0 Å². The standard InChI is InChI=1S/C18H28F2N2/c1-4-21-14-15-10-12-22(13-11-15)17(2,3)18(19,20)16-8-6-5-7-9-16/h5-9,15,21H,4,10-14H2,1-3H3. The molecule has 0 spiro atoms. The quantitative estimate of drug-likeness (QED) is 0.858. The van der Waals surface area contributed by atoms with Crippen LogP contribution >= 0.6 is 0 Å². The lowest BCUT2D eigenvalue weighted by Gasteiger charge is -2.47. The number of likely N-dealkylation sites (tertiary alicyclic amines) is 1. The molecule has 0 aliphatic carbocycles. The third-order valence-corrected chi connectivity index (χ3v) is 4.99. The first-order valence-electron chi connectivity index (χ1n) is 8.28. The topological polar surface area (TPSA) is 15.3 Å². The van der Waals surface area contributed by atoms with Gasteiger partial charge in [0.15, 0.2) is 0 Å². The normalized spacial score (nSPS) is 18.6. The molecule has 1 fully saturated rings. The Hall–Kier alpha value is -1.00. The van der Waals surface area contributed by atoms with Gasteiger partial charge in [0.05, 0.1) is 5.54 Å². The SMILES string of the molecule is CCNCC1CCN(C(C)(C)C(F)(F)c2ccccc2)CC1. The van der Waals surface area contributed by atoms with Gasteiger partial charge in [-0.15, -0.1) is 0 Å². The molecule has 2 rings (SSSR count). The lowest BCUT2D eigenvalue weighted by molar-refractivity contribution is -0.143. The molecule has 0 aromatic heterocycles. The van der Waals surface area contributed by atoms with E-state index < -0.39 is 11.5 Å². The Morgan fingerprint density at radius 1 is 1.14 bits per heavy atom. The van der Waals surface area contributed by atoms with Crippen LogP contribution in [0.15, 0.2) is 30.3 Å². The maximum Gasteiger partial charge on any atom is 0.290 e. The number of nitrogens with zero attached hydrogens (tertiary/aromatic N) is 1. The highest BCUT2D eigenvalue weighted by Gasteiger charge is 2.51. The summed E-state index contributed by atoms with van der Waals surface area (Å²) in [6.07, 6.45) is 1.97. The Balaban J connectivity index is 2.04. The summed E-state index contributed by atoms with van der Waals surface area (Å²) in [6.45, 7) is 8.89. The van der Waals surface area contributed by atoms with E-state index in [9.17, 15) is 8.78 Å². The molecule has 1 aliphatic rings. The molecule has 1 saturated heterocycles. The number of hydrogen-bond donors (Lipinski definition) is 1. The first kappa shape index (κ1) is 17.4. The molecule has 2 nitrogen and oxygen atoms in total. The second kappa shape index (κ2) is 7.05. The van der Waals surface area contributed by atoms with Gasteiger partial charge < -0.3 is 5.32 Å². The lowest BCUT2D eigenvalue weighted by Crippen LogP contribution is -2.57. The van der Waals surface area contributed by atoms with Crippen molar-refractivity contribution in [3.8, 4) is 0 Å².